The Labute approximate surface area is 126 Å². The van der Waals surface area contributed by atoms with E-state index in [1.807, 2.05) is 6.07 Å². The fourth-order valence-electron chi connectivity index (χ4n) is 2.70. The number of carbonyl (C=O) groups excluding carboxylic acids is 2. The topological polar surface area (TPSA) is 46.6 Å². The molecule has 1 fully saturated rings. The summed E-state index contributed by atoms with van der Waals surface area (Å²) < 4.78 is 4.78. The number of amides is 1. The van der Waals surface area contributed by atoms with Gasteiger partial charge in [-0.3, -0.25) is 9.59 Å². The summed E-state index contributed by atoms with van der Waals surface area (Å²) in [5, 5.41) is -0.246. The van der Waals surface area contributed by atoms with E-state index >= 15 is 0 Å². The lowest BCUT2D eigenvalue weighted by atomic mass is 10.2. The molecular formula is C14H17NO3S2. The maximum Gasteiger partial charge on any atom is 0.320 e. The number of fused-ring (bicyclic) bond motifs is 1. The van der Waals surface area contributed by atoms with Crippen molar-refractivity contribution in [1.82, 2.24) is 4.90 Å². The third-order valence-electron chi connectivity index (χ3n) is 3.78. The highest BCUT2D eigenvalue weighted by Crippen LogP contribution is 2.32. The van der Waals surface area contributed by atoms with Gasteiger partial charge in [-0.25, -0.2) is 0 Å². The lowest BCUT2D eigenvalue weighted by molar-refractivity contribution is -0.140. The van der Waals surface area contributed by atoms with Crippen molar-refractivity contribution >= 4 is 35.0 Å². The Morgan fingerprint density at radius 3 is 3.00 bits per heavy atom. The summed E-state index contributed by atoms with van der Waals surface area (Å²) in [6.07, 6.45) is 3.41. The molecule has 2 aliphatic rings. The van der Waals surface area contributed by atoms with Crippen LogP contribution in [-0.2, 0) is 22.4 Å². The third-order valence-corrected chi connectivity index (χ3v) is 6.16. The van der Waals surface area contributed by atoms with Crippen molar-refractivity contribution in [3.05, 3.63) is 21.4 Å². The minimum absolute atomic E-state index is 0.0682. The molecule has 1 aliphatic heterocycles. The first-order chi connectivity index (χ1) is 9.69. The van der Waals surface area contributed by atoms with Gasteiger partial charge in [0.2, 0.25) is 0 Å². The van der Waals surface area contributed by atoms with Crippen LogP contribution in [0.4, 0.5) is 0 Å². The summed E-state index contributed by atoms with van der Waals surface area (Å²) >= 11 is 3.20. The molecule has 2 heterocycles. The van der Waals surface area contributed by atoms with Crippen LogP contribution in [0.3, 0.4) is 0 Å². The van der Waals surface area contributed by atoms with Crippen LogP contribution in [0.25, 0.3) is 0 Å². The standard InChI is InChI=1S/C14H17NO3S2/c1-18-14(17)12-8-15(5-6-19-12)13(16)11-7-9-3-2-4-10(9)20-11/h7,12H,2-6,8H2,1H3/t12-/m0/s1. The molecule has 1 amide bonds. The molecule has 1 atom stereocenters. The number of methoxy groups -OCH3 is 1. The predicted molar refractivity (Wildman–Crippen MR) is 80.5 cm³/mol. The second-order valence-corrected chi connectivity index (χ2v) is 7.49. The number of carbonyl (C=O) groups is 2. The number of rotatable bonds is 2. The molecule has 0 radical (unpaired) electrons. The van der Waals surface area contributed by atoms with Gasteiger partial charge in [-0.1, -0.05) is 0 Å². The molecule has 20 heavy (non-hydrogen) atoms. The first-order valence-corrected chi connectivity index (χ1v) is 8.66. The van der Waals surface area contributed by atoms with Crippen LogP contribution < -0.4 is 0 Å². The van der Waals surface area contributed by atoms with Crippen LogP contribution in [-0.4, -0.2) is 48.0 Å². The molecule has 0 aromatic carbocycles. The van der Waals surface area contributed by atoms with Crippen molar-refractivity contribution in [3.8, 4) is 0 Å². The number of hydrogen-bond donors (Lipinski definition) is 0. The quantitative estimate of drug-likeness (QED) is 0.784. The van der Waals surface area contributed by atoms with Gasteiger partial charge in [-0.15, -0.1) is 23.1 Å². The zero-order valence-corrected chi connectivity index (χ0v) is 13.0. The number of hydrogen-bond acceptors (Lipinski definition) is 5. The highest BCUT2D eigenvalue weighted by molar-refractivity contribution is 8.00. The average Bonchev–Trinajstić information content (AvgIpc) is 3.07. The van der Waals surface area contributed by atoms with Gasteiger partial charge in [-0.2, -0.15) is 0 Å². The van der Waals surface area contributed by atoms with Gasteiger partial charge in [0.15, 0.2) is 0 Å². The summed E-state index contributed by atoms with van der Waals surface area (Å²) in [4.78, 5) is 28.1. The van der Waals surface area contributed by atoms with Crippen molar-refractivity contribution in [1.29, 1.82) is 0 Å². The summed E-state index contributed by atoms with van der Waals surface area (Å²) in [5.41, 5.74) is 1.34. The number of esters is 1. The molecule has 0 bridgehead atoms. The number of ether oxygens (including phenoxy) is 1. The van der Waals surface area contributed by atoms with Gasteiger partial charge >= 0.3 is 5.97 Å². The molecule has 108 valence electrons. The molecule has 1 aliphatic carbocycles. The largest absolute Gasteiger partial charge is 0.468 e. The van der Waals surface area contributed by atoms with E-state index in [0.29, 0.717) is 13.1 Å². The minimum Gasteiger partial charge on any atom is -0.468 e. The first-order valence-electron chi connectivity index (χ1n) is 6.79. The fourth-order valence-corrected chi connectivity index (χ4v) is 5.05. The fraction of sp³-hybridized carbons (Fsp3) is 0.571. The number of thiophene rings is 1. The first kappa shape index (κ1) is 13.9. The molecular weight excluding hydrogens is 294 g/mol. The highest BCUT2D eigenvalue weighted by atomic mass is 32.2. The van der Waals surface area contributed by atoms with Crippen LogP contribution in [0.2, 0.25) is 0 Å². The molecule has 0 unspecified atom stereocenters. The van der Waals surface area contributed by atoms with E-state index in [4.69, 9.17) is 4.74 Å². The highest BCUT2D eigenvalue weighted by Gasteiger charge is 2.31. The SMILES string of the molecule is COC(=O)[C@@H]1CN(C(=O)c2cc3c(s2)CCC3)CCS1. The molecule has 1 aromatic rings. The van der Waals surface area contributed by atoms with Crippen LogP contribution in [0.5, 0.6) is 0 Å². The van der Waals surface area contributed by atoms with Crippen LogP contribution in [0, 0.1) is 0 Å². The Morgan fingerprint density at radius 1 is 1.40 bits per heavy atom. The van der Waals surface area contributed by atoms with Gasteiger partial charge in [0, 0.05) is 23.7 Å². The summed E-state index contributed by atoms with van der Waals surface area (Å²) in [7, 11) is 1.40. The summed E-state index contributed by atoms with van der Waals surface area (Å²) in [5.74, 6) is 0.621. The van der Waals surface area contributed by atoms with E-state index in [1.165, 1.54) is 24.0 Å². The monoisotopic (exact) mass is 311 g/mol. The second kappa shape index (κ2) is 5.77. The smallest absolute Gasteiger partial charge is 0.320 e. The van der Waals surface area contributed by atoms with Gasteiger partial charge in [-0.05, 0) is 30.9 Å². The summed E-state index contributed by atoms with van der Waals surface area (Å²) in [6.45, 7) is 1.16. The number of thioether (sulfide) groups is 1. The van der Waals surface area contributed by atoms with Crippen LogP contribution >= 0.6 is 23.1 Å². The Hall–Kier alpha value is -1.01. The molecule has 0 N–H and O–H groups in total. The maximum absolute atomic E-state index is 12.5. The summed E-state index contributed by atoms with van der Waals surface area (Å²) in [6, 6.07) is 2.05. The lowest BCUT2D eigenvalue weighted by Gasteiger charge is -2.30. The van der Waals surface area contributed by atoms with E-state index in [-0.39, 0.29) is 17.1 Å². The lowest BCUT2D eigenvalue weighted by Crippen LogP contribution is -2.44. The number of aryl methyl sites for hydroxylation is 2. The van der Waals surface area contributed by atoms with E-state index < -0.39 is 0 Å². The van der Waals surface area contributed by atoms with Crippen molar-refractivity contribution in [2.24, 2.45) is 0 Å². The average molecular weight is 311 g/mol. The Morgan fingerprint density at radius 2 is 2.25 bits per heavy atom. The van der Waals surface area contributed by atoms with Crippen LogP contribution in [0.15, 0.2) is 6.07 Å². The third kappa shape index (κ3) is 2.59. The molecule has 1 aromatic heterocycles. The van der Waals surface area contributed by atoms with Gasteiger partial charge < -0.3 is 9.64 Å². The van der Waals surface area contributed by atoms with Crippen molar-refractivity contribution in [2.45, 2.75) is 24.5 Å². The van der Waals surface area contributed by atoms with E-state index in [2.05, 4.69) is 0 Å². The van der Waals surface area contributed by atoms with E-state index in [0.717, 1.165) is 23.5 Å². The van der Waals surface area contributed by atoms with E-state index in [9.17, 15) is 9.59 Å². The molecule has 1 saturated heterocycles. The Balaban J connectivity index is 1.71. The second-order valence-electron chi connectivity index (χ2n) is 5.05. The zero-order valence-electron chi connectivity index (χ0n) is 11.4. The van der Waals surface area contributed by atoms with Gasteiger partial charge in [0.25, 0.3) is 5.91 Å². The van der Waals surface area contributed by atoms with Crippen molar-refractivity contribution in [2.75, 3.05) is 26.0 Å². The molecule has 0 spiro atoms. The zero-order chi connectivity index (χ0) is 14.1. The molecule has 3 rings (SSSR count). The van der Waals surface area contributed by atoms with Gasteiger partial charge in [0.05, 0.1) is 12.0 Å². The minimum atomic E-state index is -0.246. The maximum atomic E-state index is 12.5. The molecule has 4 nitrogen and oxygen atoms in total. The van der Waals surface area contributed by atoms with Crippen molar-refractivity contribution < 1.29 is 14.3 Å². The normalized spacial score (nSPS) is 21.6. The number of nitrogens with zero attached hydrogens (tertiary/aromatic N) is 1. The molecule has 6 heteroatoms. The molecule has 0 saturated carbocycles. The Bertz CT molecular complexity index is 519. The van der Waals surface area contributed by atoms with E-state index in [1.54, 1.807) is 28.0 Å². The van der Waals surface area contributed by atoms with Crippen LogP contribution in [0.1, 0.15) is 26.5 Å². The van der Waals surface area contributed by atoms with Crippen molar-refractivity contribution in [3.63, 3.8) is 0 Å². The van der Waals surface area contributed by atoms with Gasteiger partial charge in [0.1, 0.15) is 5.25 Å². The predicted octanol–water partition coefficient (Wildman–Crippen LogP) is 1.97. The Kier molecular flexibility index (Phi) is 4.03.